The third-order valence-electron chi connectivity index (χ3n) is 2.25. The van der Waals surface area contributed by atoms with Crippen LogP contribution in [0.4, 0.5) is 5.69 Å². The van der Waals surface area contributed by atoms with Crippen LogP contribution in [-0.4, -0.2) is 17.6 Å². The van der Waals surface area contributed by atoms with Crippen LogP contribution < -0.4 is 27.8 Å². The van der Waals surface area contributed by atoms with Gasteiger partial charge in [-0.2, -0.15) is 0 Å². The number of nitrogens with two attached hydrogens (primary N) is 3. The fourth-order valence-electron chi connectivity index (χ4n) is 1.30. The second kappa shape index (κ2) is 7.70. The number of halogens is 1. The molecule has 0 bridgehead atoms. The summed E-state index contributed by atoms with van der Waals surface area (Å²) >= 11 is 5.66. The van der Waals surface area contributed by atoms with Crippen LogP contribution in [0.3, 0.4) is 0 Å². The lowest BCUT2D eigenvalue weighted by molar-refractivity contribution is -0.113. The average Bonchev–Trinajstić information content (AvgIpc) is 2.44. The highest BCUT2D eigenvalue weighted by atomic mass is 35.5. The molecule has 1 rings (SSSR count). The van der Waals surface area contributed by atoms with Crippen molar-refractivity contribution in [2.24, 2.45) is 22.2 Å². The summed E-state index contributed by atoms with van der Waals surface area (Å²) in [4.78, 5) is 15.7. The van der Waals surface area contributed by atoms with Gasteiger partial charge in [-0.25, -0.2) is 4.99 Å². The molecule has 0 unspecified atom stereocenters. The summed E-state index contributed by atoms with van der Waals surface area (Å²) in [7, 11) is 0. The molecule has 0 saturated carbocycles. The van der Waals surface area contributed by atoms with Crippen molar-refractivity contribution in [3.63, 3.8) is 0 Å². The summed E-state index contributed by atoms with van der Waals surface area (Å²) in [6.07, 6.45) is 0. The first kappa shape index (κ1) is 17.1. The zero-order chi connectivity index (χ0) is 16.7. The molecule has 0 aromatic heterocycles. The van der Waals surface area contributed by atoms with Gasteiger partial charge in [-0.3, -0.25) is 15.5 Å². The fourth-order valence-corrected chi connectivity index (χ4v) is 1.39. The maximum Gasteiger partial charge on any atom is 0.278 e. The number of carbonyl (C=O) groups excluding carboxylic acids is 1. The van der Waals surface area contributed by atoms with Crippen molar-refractivity contribution in [3.05, 3.63) is 53.6 Å². The number of benzene rings is 1. The van der Waals surface area contributed by atoms with Crippen molar-refractivity contribution in [3.8, 4) is 0 Å². The molecule has 1 aromatic rings. The van der Waals surface area contributed by atoms with Crippen molar-refractivity contribution in [1.29, 1.82) is 5.41 Å². The zero-order valence-electron chi connectivity index (χ0n) is 11.6. The molecule has 0 radical (unpaired) electrons. The highest BCUT2D eigenvalue weighted by Gasteiger charge is 2.16. The SMILES string of the molecule is C=C(N)/C(=N\C(Cl)=C(N)N)C(=O)NC(=N)Nc1ccccc1. The lowest BCUT2D eigenvalue weighted by atomic mass is 10.3. The van der Waals surface area contributed by atoms with Crippen molar-refractivity contribution < 1.29 is 4.79 Å². The van der Waals surface area contributed by atoms with E-state index in [4.69, 9.17) is 34.2 Å². The van der Waals surface area contributed by atoms with Crippen LogP contribution >= 0.6 is 11.6 Å². The second-order valence-electron chi connectivity index (χ2n) is 4.05. The van der Waals surface area contributed by atoms with Gasteiger partial charge in [0, 0.05) is 5.69 Å². The van der Waals surface area contributed by atoms with Gasteiger partial charge in [0.1, 0.15) is 5.82 Å². The van der Waals surface area contributed by atoms with E-state index in [2.05, 4.69) is 22.2 Å². The number of amides is 1. The molecule has 0 aliphatic heterocycles. The fraction of sp³-hybridized carbons (Fsp3) is 0. The number of nitrogens with one attached hydrogen (secondary N) is 3. The Bertz CT molecular complexity index is 648. The molecule has 0 fully saturated rings. The van der Waals surface area contributed by atoms with Gasteiger partial charge in [0.25, 0.3) is 5.91 Å². The molecule has 9 N–H and O–H groups in total. The number of aliphatic imine (C=N–C) groups is 1. The molecule has 116 valence electrons. The summed E-state index contributed by atoms with van der Waals surface area (Å²) in [6, 6.07) is 8.84. The monoisotopic (exact) mass is 321 g/mol. The van der Waals surface area contributed by atoms with E-state index in [1.54, 1.807) is 24.3 Å². The summed E-state index contributed by atoms with van der Waals surface area (Å²) < 4.78 is 0. The van der Waals surface area contributed by atoms with Gasteiger partial charge in [0.15, 0.2) is 16.8 Å². The standard InChI is InChI=1S/C13H16ClN7O/c1-7(15)9(20-10(14)11(16)17)12(22)21-13(18)19-8-5-3-2-4-6-8/h2-6H,1,15-17H2,(H3,18,19,21,22)/b20-9+. The number of guanidine groups is 1. The number of carbonyl (C=O) groups is 1. The molecule has 1 amide bonds. The number of para-hydroxylation sites is 1. The van der Waals surface area contributed by atoms with Gasteiger partial charge >= 0.3 is 0 Å². The van der Waals surface area contributed by atoms with Gasteiger partial charge in [-0.15, -0.1) is 0 Å². The Morgan fingerprint density at radius 2 is 1.82 bits per heavy atom. The Morgan fingerprint density at radius 1 is 1.23 bits per heavy atom. The molecule has 0 heterocycles. The van der Waals surface area contributed by atoms with E-state index in [1.807, 2.05) is 6.07 Å². The van der Waals surface area contributed by atoms with Gasteiger partial charge in [0.05, 0.1) is 5.70 Å². The van der Waals surface area contributed by atoms with Crippen LogP contribution in [0.1, 0.15) is 0 Å². The third kappa shape index (κ3) is 5.17. The number of nitrogens with zero attached hydrogens (tertiary/aromatic N) is 1. The van der Waals surface area contributed by atoms with E-state index < -0.39 is 5.91 Å². The topological polar surface area (TPSA) is 155 Å². The smallest absolute Gasteiger partial charge is 0.278 e. The van der Waals surface area contributed by atoms with Crippen LogP contribution in [0.15, 0.2) is 58.6 Å². The van der Waals surface area contributed by atoms with E-state index in [0.717, 1.165) is 0 Å². The quantitative estimate of drug-likeness (QED) is 0.268. The Kier molecular flexibility index (Phi) is 5.96. The van der Waals surface area contributed by atoms with Crippen LogP contribution in [0.5, 0.6) is 0 Å². The first-order valence-corrected chi connectivity index (χ1v) is 6.35. The Balaban J connectivity index is 2.82. The highest BCUT2D eigenvalue weighted by Crippen LogP contribution is 2.06. The Morgan fingerprint density at radius 3 is 2.32 bits per heavy atom. The van der Waals surface area contributed by atoms with E-state index >= 15 is 0 Å². The number of rotatable bonds is 4. The number of anilines is 1. The molecule has 22 heavy (non-hydrogen) atoms. The number of hydrogen-bond donors (Lipinski definition) is 6. The molecule has 0 aliphatic carbocycles. The first-order chi connectivity index (χ1) is 10.3. The summed E-state index contributed by atoms with van der Waals surface area (Å²) in [6.45, 7) is 3.41. The molecule has 8 nitrogen and oxygen atoms in total. The lowest BCUT2D eigenvalue weighted by Crippen LogP contribution is -2.41. The van der Waals surface area contributed by atoms with Crippen molar-refractivity contribution in [2.45, 2.75) is 0 Å². The van der Waals surface area contributed by atoms with Crippen molar-refractivity contribution in [1.82, 2.24) is 5.32 Å². The molecule has 0 atom stereocenters. The maximum absolute atomic E-state index is 12.0. The zero-order valence-corrected chi connectivity index (χ0v) is 12.3. The van der Waals surface area contributed by atoms with Crippen LogP contribution in [0.2, 0.25) is 0 Å². The molecular formula is C13H16ClN7O. The molecule has 0 aliphatic rings. The Hall–Kier alpha value is -3.00. The molecule has 0 spiro atoms. The van der Waals surface area contributed by atoms with Crippen LogP contribution in [0.25, 0.3) is 0 Å². The van der Waals surface area contributed by atoms with Crippen molar-refractivity contribution in [2.75, 3.05) is 5.32 Å². The average molecular weight is 322 g/mol. The lowest BCUT2D eigenvalue weighted by Gasteiger charge is -2.10. The largest absolute Gasteiger partial charge is 0.397 e. The predicted molar refractivity (Wildman–Crippen MR) is 88.0 cm³/mol. The second-order valence-corrected chi connectivity index (χ2v) is 4.41. The maximum atomic E-state index is 12.0. The minimum Gasteiger partial charge on any atom is -0.397 e. The third-order valence-corrected chi connectivity index (χ3v) is 2.55. The number of hydrogen-bond acceptors (Lipinski definition) is 6. The van der Waals surface area contributed by atoms with Gasteiger partial charge < -0.3 is 22.5 Å². The molecule has 0 saturated heterocycles. The van der Waals surface area contributed by atoms with Gasteiger partial charge in [-0.05, 0) is 12.1 Å². The highest BCUT2D eigenvalue weighted by molar-refractivity contribution is 6.48. The van der Waals surface area contributed by atoms with E-state index in [-0.39, 0.29) is 28.3 Å². The van der Waals surface area contributed by atoms with E-state index in [9.17, 15) is 4.79 Å². The minimum absolute atomic E-state index is 0.149. The van der Waals surface area contributed by atoms with Gasteiger partial charge in [-0.1, -0.05) is 36.4 Å². The molecule has 1 aromatic carbocycles. The first-order valence-electron chi connectivity index (χ1n) is 5.97. The van der Waals surface area contributed by atoms with Crippen molar-refractivity contribution >= 4 is 34.9 Å². The summed E-state index contributed by atoms with van der Waals surface area (Å²) in [5, 5.41) is 12.3. The Labute approximate surface area is 132 Å². The predicted octanol–water partition coefficient (Wildman–Crippen LogP) is 0.346. The molecule has 9 heteroatoms. The van der Waals surface area contributed by atoms with E-state index in [1.165, 1.54) is 0 Å². The molecular weight excluding hydrogens is 306 g/mol. The van der Waals surface area contributed by atoms with Gasteiger partial charge in [0.2, 0.25) is 0 Å². The normalized spacial score (nSPS) is 10.5. The van der Waals surface area contributed by atoms with Crippen LogP contribution in [-0.2, 0) is 4.79 Å². The minimum atomic E-state index is -0.777. The van der Waals surface area contributed by atoms with Crippen LogP contribution in [0, 0.1) is 5.41 Å². The summed E-state index contributed by atoms with van der Waals surface area (Å²) in [5.41, 5.74) is 16.2. The summed E-state index contributed by atoms with van der Waals surface area (Å²) in [5.74, 6) is -1.32. The van der Waals surface area contributed by atoms with E-state index in [0.29, 0.717) is 5.69 Å².